The van der Waals surface area contributed by atoms with Gasteiger partial charge in [0.1, 0.15) is 5.82 Å². The zero-order valence-corrected chi connectivity index (χ0v) is 13.5. The van der Waals surface area contributed by atoms with Crippen LogP contribution in [0, 0.1) is 12.7 Å². The molecular formula is C13H10BrClFNO2S. The summed E-state index contributed by atoms with van der Waals surface area (Å²) in [5.41, 5.74) is 0.969. The van der Waals surface area contributed by atoms with Gasteiger partial charge in [0.25, 0.3) is 10.0 Å². The summed E-state index contributed by atoms with van der Waals surface area (Å²) in [6.07, 6.45) is 0. The first-order valence-electron chi connectivity index (χ1n) is 5.54. The van der Waals surface area contributed by atoms with Crippen molar-refractivity contribution < 1.29 is 12.8 Å². The van der Waals surface area contributed by atoms with Crippen molar-refractivity contribution in [2.45, 2.75) is 11.8 Å². The van der Waals surface area contributed by atoms with Gasteiger partial charge in [-0.3, -0.25) is 4.72 Å². The van der Waals surface area contributed by atoms with Crippen molar-refractivity contribution in [1.82, 2.24) is 0 Å². The molecule has 0 saturated carbocycles. The van der Waals surface area contributed by atoms with Gasteiger partial charge in [0.05, 0.1) is 20.1 Å². The van der Waals surface area contributed by atoms with E-state index in [1.165, 1.54) is 12.1 Å². The van der Waals surface area contributed by atoms with E-state index in [9.17, 15) is 12.8 Å². The number of anilines is 1. The number of benzene rings is 2. The highest BCUT2D eigenvalue weighted by Crippen LogP contribution is 2.28. The molecule has 0 radical (unpaired) electrons. The molecule has 0 aromatic heterocycles. The third kappa shape index (κ3) is 3.13. The van der Waals surface area contributed by atoms with E-state index in [4.69, 9.17) is 11.6 Å². The van der Waals surface area contributed by atoms with Crippen LogP contribution in [-0.4, -0.2) is 8.42 Å². The third-order valence-electron chi connectivity index (χ3n) is 2.66. The van der Waals surface area contributed by atoms with Gasteiger partial charge in [-0.25, -0.2) is 12.8 Å². The summed E-state index contributed by atoms with van der Waals surface area (Å²) in [7, 11) is -3.89. The highest BCUT2D eigenvalue weighted by molar-refractivity contribution is 9.10. The second-order valence-electron chi connectivity index (χ2n) is 4.11. The maximum Gasteiger partial charge on any atom is 0.262 e. The molecule has 2 aromatic rings. The Labute approximate surface area is 130 Å². The minimum Gasteiger partial charge on any atom is -0.278 e. The second kappa shape index (κ2) is 5.71. The fourth-order valence-electron chi connectivity index (χ4n) is 1.60. The Morgan fingerprint density at radius 2 is 1.95 bits per heavy atom. The molecule has 0 atom stereocenters. The molecule has 3 nitrogen and oxygen atoms in total. The molecule has 106 valence electrons. The van der Waals surface area contributed by atoms with E-state index >= 15 is 0 Å². The Morgan fingerprint density at radius 1 is 1.25 bits per heavy atom. The van der Waals surface area contributed by atoms with E-state index < -0.39 is 15.8 Å². The van der Waals surface area contributed by atoms with Gasteiger partial charge < -0.3 is 0 Å². The van der Waals surface area contributed by atoms with Crippen molar-refractivity contribution in [3.8, 4) is 0 Å². The number of rotatable bonds is 3. The molecular weight excluding hydrogens is 369 g/mol. The van der Waals surface area contributed by atoms with E-state index in [0.717, 1.165) is 6.07 Å². The van der Waals surface area contributed by atoms with Gasteiger partial charge >= 0.3 is 0 Å². The van der Waals surface area contributed by atoms with Gasteiger partial charge in [-0.2, -0.15) is 0 Å². The number of aryl methyl sites for hydroxylation is 1. The van der Waals surface area contributed by atoms with Gasteiger partial charge in [-0.15, -0.1) is 0 Å². The normalized spacial score (nSPS) is 11.4. The average Bonchev–Trinajstić information content (AvgIpc) is 2.37. The quantitative estimate of drug-likeness (QED) is 0.863. The minimum atomic E-state index is -3.89. The fraction of sp³-hybridized carbons (Fsp3) is 0.0769. The maximum atomic E-state index is 13.4. The highest BCUT2D eigenvalue weighted by Gasteiger charge is 2.18. The van der Waals surface area contributed by atoms with Gasteiger partial charge in [0.15, 0.2) is 0 Å². The second-order valence-corrected chi connectivity index (χ2v) is 7.06. The average molecular weight is 379 g/mol. The predicted molar refractivity (Wildman–Crippen MR) is 81.1 cm³/mol. The smallest absolute Gasteiger partial charge is 0.262 e. The molecule has 0 aliphatic rings. The van der Waals surface area contributed by atoms with Gasteiger partial charge in [-0.1, -0.05) is 23.7 Å². The molecule has 0 unspecified atom stereocenters. The summed E-state index contributed by atoms with van der Waals surface area (Å²) in [6.45, 7) is 1.73. The largest absolute Gasteiger partial charge is 0.278 e. The molecule has 2 aromatic carbocycles. The predicted octanol–water partition coefficient (Wildman–Crippen LogP) is 4.35. The lowest BCUT2D eigenvalue weighted by Gasteiger charge is -2.12. The molecule has 0 spiro atoms. The number of para-hydroxylation sites is 1. The summed E-state index contributed by atoms with van der Waals surface area (Å²) in [6, 6.07) is 8.61. The zero-order valence-electron chi connectivity index (χ0n) is 10.3. The van der Waals surface area contributed by atoms with Crippen LogP contribution in [0.5, 0.6) is 0 Å². The van der Waals surface area contributed by atoms with Crippen molar-refractivity contribution in [2.75, 3.05) is 4.72 Å². The number of sulfonamides is 1. The third-order valence-corrected chi connectivity index (χ3v) is 4.97. The van der Waals surface area contributed by atoms with E-state index in [1.54, 1.807) is 25.1 Å². The van der Waals surface area contributed by atoms with Crippen LogP contribution in [0.15, 0.2) is 45.8 Å². The summed E-state index contributed by atoms with van der Waals surface area (Å²) >= 11 is 8.95. The van der Waals surface area contributed by atoms with Crippen molar-refractivity contribution in [2.24, 2.45) is 0 Å². The number of hydrogen-bond acceptors (Lipinski definition) is 2. The van der Waals surface area contributed by atoms with Crippen LogP contribution in [0.3, 0.4) is 0 Å². The molecule has 7 heteroatoms. The molecule has 0 bridgehead atoms. The summed E-state index contributed by atoms with van der Waals surface area (Å²) in [5, 5.41) is 0.283. The lowest BCUT2D eigenvalue weighted by atomic mass is 10.2. The lowest BCUT2D eigenvalue weighted by Crippen LogP contribution is -2.14. The monoisotopic (exact) mass is 377 g/mol. The van der Waals surface area contributed by atoms with Crippen LogP contribution in [0.25, 0.3) is 0 Å². The topological polar surface area (TPSA) is 46.2 Å². The minimum absolute atomic E-state index is 0.169. The SMILES string of the molecule is Cc1cccc(Cl)c1NS(=O)(=O)c1ccc(Br)c(F)c1. The molecule has 0 heterocycles. The Hall–Kier alpha value is -1.11. The molecule has 0 amide bonds. The van der Waals surface area contributed by atoms with Gasteiger partial charge in [-0.05, 0) is 52.7 Å². The summed E-state index contributed by atoms with van der Waals surface area (Å²) < 4.78 is 40.5. The van der Waals surface area contributed by atoms with Crippen LogP contribution >= 0.6 is 27.5 Å². The summed E-state index contributed by atoms with van der Waals surface area (Å²) in [4.78, 5) is -0.169. The van der Waals surface area contributed by atoms with E-state index in [0.29, 0.717) is 5.56 Å². The molecule has 0 aliphatic heterocycles. The Balaban J connectivity index is 2.43. The van der Waals surface area contributed by atoms with Crippen LogP contribution in [0.2, 0.25) is 5.02 Å². The first-order valence-corrected chi connectivity index (χ1v) is 8.19. The van der Waals surface area contributed by atoms with Crippen LogP contribution in [0.1, 0.15) is 5.56 Å². The van der Waals surface area contributed by atoms with Crippen molar-refractivity contribution >= 4 is 43.2 Å². The van der Waals surface area contributed by atoms with Gasteiger partial charge in [0.2, 0.25) is 0 Å². The Morgan fingerprint density at radius 3 is 2.55 bits per heavy atom. The standard InChI is InChI=1S/C13H10BrClFNO2S/c1-8-3-2-4-11(15)13(8)17-20(18,19)9-5-6-10(14)12(16)7-9/h2-7,17H,1H3. The first kappa shape index (κ1) is 15.3. The van der Waals surface area contributed by atoms with Crippen LogP contribution < -0.4 is 4.72 Å². The Kier molecular flexibility index (Phi) is 4.36. The van der Waals surface area contributed by atoms with Gasteiger partial charge in [0, 0.05) is 0 Å². The number of halogens is 3. The van der Waals surface area contributed by atoms with Crippen molar-refractivity contribution in [1.29, 1.82) is 0 Å². The van der Waals surface area contributed by atoms with Crippen molar-refractivity contribution in [3.63, 3.8) is 0 Å². The lowest BCUT2D eigenvalue weighted by molar-refractivity contribution is 0.593. The summed E-state index contributed by atoms with van der Waals surface area (Å²) in [5.74, 6) is -0.649. The fourth-order valence-corrected chi connectivity index (χ4v) is 3.33. The molecule has 20 heavy (non-hydrogen) atoms. The number of hydrogen-bond donors (Lipinski definition) is 1. The number of nitrogens with one attached hydrogen (secondary N) is 1. The molecule has 1 N–H and O–H groups in total. The van der Waals surface area contributed by atoms with Crippen LogP contribution in [-0.2, 0) is 10.0 Å². The molecule has 0 fully saturated rings. The van der Waals surface area contributed by atoms with E-state index in [2.05, 4.69) is 20.7 Å². The van der Waals surface area contributed by atoms with Crippen LogP contribution in [0.4, 0.5) is 10.1 Å². The first-order chi connectivity index (χ1) is 9.31. The maximum absolute atomic E-state index is 13.4. The zero-order chi connectivity index (χ0) is 14.9. The molecule has 0 saturated heterocycles. The van der Waals surface area contributed by atoms with E-state index in [-0.39, 0.29) is 20.1 Å². The molecule has 0 aliphatic carbocycles. The molecule has 2 rings (SSSR count). The highest BCUT2D eigenvalue weighted by atomic mass is 79.9. The van der Waals surface area contributed by atoms with E-state index in [1.807, 2.05) is 0 Å². The van der Waals surface area contributed by atoms with Crippen molar-refractivity contribution in [3.05, 3.63) is 57.3 Å². The Bertz CT molecular complexity index is 745.